The molecule has 0 bridgehead atoms. The fourth-order valence-corrected chi connectivity index (χ4v) is 1.21. The van der Waals surface area contributed by atoms with E-state index in [0.29, 0.717) is 19.8 Å². The second-order valence-corrected chi connectivity index (χ2v) is 2.65. The summed E-state index contributed by atoms with van der Waals surface area (Å²) < 4.78 is 5.21. The van der Waals surface area contributed by atoms with Gasteiger partial charge in [0.2, 0.25) is 0 Å². The van der Waals surface area contributed by atoms with Crippen molar-refractivity contribution in [3.63, 3.8) is 0 Å². The van der Waals surface area contributed by atoms with E-state index in [1.165, 1.54) is 5.56 Å². The van der Waals surface area contributed by atoms with Crippen molar-refractivity contribution in [1.82, 2.24) is 4.98 Å². The minimum absolute atomic E-state index is 0.556. The molecule has 0 amide bonds. The molecular formula is C8H10N2O. The molecule has 3 heteroatoms. The van der Waals surface area contributed by atoms with Gasteiger partial charge in [-0.05, 0) is 11.6 Å². The molecule has 2 rings (SSSR count). The third kappa shape index (κ3) is 1.13. The maximum Gasteiger partial charge on any atom is 0.0896 e. The predicted octanol–water partition coefficient (Wildman–Crippen LogP) is 0.571. The van der Waals surface area contributed by atoms with Crippen LogP contribution in [0.5, 0.6) is 0 Å². The lowest BCUT2D eigenvalue weighted by Crippen LogP contribution is -1.99. The molecule has 1 aliphatic heterocycles. The highest BCUT2D eigenvalue weighted by Crippen LogP contribution is 2.17. The highest BCUT2D eigenvalue weighted by molar-refractivity contribution is 5.26. The maximum absolute atomic E-state index is 5.46. The molecule has 1 aromatic heterocycles. The fourth-order valence-electron chi connectivity index (χ4n) is 1.21. The summed E-state index contributed by atoms with van der Waals surface area (Å²) in [5.74, 6) is 0. The standard InChI is InChI=1S/C8H10N2O/c9-2-6-1-7-4-11-5-8(7)10-3-6/h1,3H,2,4-5,9H2. The number of fused-ring (bicyclic) bond motifs is 1. The van der Waals surface area contributed by atoms with Gasteiger partial charge in [0.05, 0.1) is 18.9 Å². The van der Waals surface area contributed by atoms with Gasteiger partial charge in [-0.3, -0.25) is 4.98 Å². The van der Waals surface area contributed by atoms with Crippen molar-refractivity contribution >= 4 is 0 Å². The van der Waals surface area contributed by atoms with Gasteiger partial charge in [-0.25, -0.2) is 0 Å². The Morgan fingerprint density at radius 1 is 1.55 bits per heavy atom. The number of aromatic nitrogens is 1. The fraction of sp³-hybridized carbons (Fsp3) is 0.375. The SMILES string of the molecule is NCc1cnc2c(c1)COC2. The Morgan fingerprint density at radius 3 is 3.27 bits per heavy atom. The first-order chi connectivity index (χ1) is 5.40. The minimum Gasteiger partial charge on any atom is -0.370 e. The third-order valence-electron chi connectivity index (χ3n) is 1.85. The van der Waals surface area contributed by atoms with E-state index < -0.39 is 0 Å². The minimum atomic E-state index is 0.556. The van der Waals surface area contributed by atoms with Crippen LogP contribution in [0.25, 0.3) is 0 Å². The zero-order valence-electron chi connectivity index (χ0n) is 6.21. The largest absolute Gasteiger partial charge is 0.370 e. The second kappa shape index (κ2) is 2.60. The average molecular weight is 150 g/mol. The van der Waals surface area contributed by atoms with Crippen molar-refractivity contribution in [1.29, 1.82) is 0 Å². The predicted molar refractivity (Wildman–Crippen MR) is 40.6 cm³/mol. The summed E-state index contributed by atoms with van der Waals surface area (Å²) in [5.41, 5.74) is 8.79. The van der Waals surface area contributed by atoms with Crippen LogP contribution in [0.1, 0.15) is 16.8 Å². The Morgan fingerprint density at radius 2 is 2.45 bits per heavy atom. The maximum atomic E-state index is 5.46. The molecule has 0 radical (unpaired) electrons. The van der Waals surface area contributed by atoms with Crippen LogP contribution in [0, 0.1) is 0 Å². The first-order valence-corrected chi connectivity index (χ1v) is 3.64. The van der Waals surface area contributed by atoms with Crippen molar-refractivity contribution in [3.05, 3.63) is 29.1 Å². The molecule has 0 fully saturated rings. The number of hydrogen-bond acceptors (Lipinski definition) is 3. The monoisotopic (exact) mass is 150 g/mol. The Hall–Kier alpha value is -0.930. The van der Waals surface area contributed by atoms with Crippen molar-refractivity contribution in [3.8, 4) is 0 Å². The van der Waals surface area contributed by atoms with E-state index in [0.717, 1.165) is 11.3 Å². The summed E-state index contributed by atoms with van der Waals surface area (Å²) in [6.45, 7) is 1.90. The highest BCUT2D eigenvalue weighted by Gasteiger charge is 2.11. The number of ether oxygens (including phenoxy) is 1. The van der Waals surface area contributed by atoms with Crippen LogP contribution in [-0.4, -0.2) is 4.98 Å². The lowest BCUT2D eigenvalue weighted by atomic mass is 10.2. The zero-order chi connectivity index (χ0) is 7.68. The van der Waals surface area contributed by atoms with E-state index in [4.69, 9.17) is 10.5 Å². The Kier molecular flexibility index (Phi) is 1.60. The van der Waals surface area contributed by atoms with E-state index in [1.807, 2.05) is 6.20 Å². The molecule has 58 valence electrons. The van der Waals surface area contributed by atoms with Crippen LogP contribution in [0.15, 0.2) is 12.3 Å². The highest BCUT2D eigenvalue weighted by atomic mass is 16.5. The molecule has 0 spiro atoms. The molecule has 0 unspecified atom stereocenters. The Bertz CT molecular complexity index is 273. The van der Waals surface area contributed by atoms with Gasteiger partial charge < -0.3 is 10.5 Å². The molecule has 11 heavy (non-hydrogen) atoms. The Balaban J connectivity index is 2.41. The quantitative estimate of drug-likeness (QED) is 0.636. The average Bonchev–Trinajstić information content (AvgIpc) is 2.50. The van der Waals surface area contributed by atoms with E-state index in [1.54, 1.807) is 0 Å². The Labute approximate surface area is 65.2 Å². The molecule has 0 saturated carbocycles. The van der Waals surface area contributed by atoms with Crippen molar-refractivity contribution in [2.45, 2.75) is 19.8 Å². The molecular weight excluding hydrogens is 140 g/mol. The van der Waals surface area contributed by atoms with Gasteiger partial charge in [0.15, 0.2) is 0 Å². The number of nitrogens with zero attached hydrogens (tertiary/aromatic N) is 1. The molecule has 0 aromatic carbocycles. The molecule has 1 aliphatic rings. The summed E-state index contributed by atoms with van der Waals surface area (Å²) in [6.07, 6.45) is 1.81. The lowest BCUT2D eigenvalue weighted by molar-refractivity contribution is 0.133. The summed E-state index contributed by atoms with van der Waals surface area (Å²) in [5, 5.41) is 0. The second-order valence-electron chi connectivity index (χ2n) is 2.65. The van der Waals surface area contributed by atoms with Crippen LogP contribution < -0.4 is 5.73 Å². The van der Waals surface area contributed by atoms with Crippen molar-refractivity contribution in [2.75, 3.05) is 0 Å². The van der Waals surface area contributed by atoms with Gasteiger partial charge in [-0.1, -0.05) is 0 Å². The molecule has 0 atom stereocenters. The van der Waals surface area contributed by atoms with Crippen LogP contribution in [0.2, 0.25) is 0 Å². The summed E-state index contributed by atoms with van der Waals surface area (Å²) in [6, 6.07) is 2.06. The third-order valence-corrected chi connectivity index (χ3v) is 1.85. The van der Waals surface area contributed by atoms with E-state index in [2.05, 4.69) is 11.1 Å². The van der Waals surface area contributed by atoms with Gasteiger partial charge in [0.25, 0.3) is 0 Å². The number of rotatable bonds is 1. The van der Waals surface area contributed by atoms with Gasteiger partial charge in [-0.15, -0.1) is 0 Å². The van der Waals surface area contributed by atoms with E-state index in [-0.39, 0.29) is 0 Å². The van der Waals surface area contributed by atoms with Gasteiger partial charge in [0, 0.05) is 18.3 Å². The smallest absolute Gasteiger partial charge is 0.0896 e. The van der Waals surface area contributed by atoms with Gasteiger partial charge in [-0.2, -0.15) is 0 Å². The summed E-state index contributed by atoms with van der Waals surface area (Å²) >= 11 is 0. The summed E-state index contributed by atoms with van der Waals surface area (Å²) in [4.78, 5) is 4.23. The molecule has 0 aliphatic carbocycles. The first-order valence-electron chi connectivity index (χ1n) is 3.64. The zero-order valence-corrected chi connectivity index (χ0v) is 6.21. The molecule has 2 N–H and O–H groups in total. The molecule has 2 heterocycles. The van der Waals surface area contributed by atoms with Crippen molar-refractivity contribution < 1.29 is 4.74 Å². The van der Waals surface area contributed by atoms with Crippen LogP contribution in [0.4, 0.5) is 0 Å². The van der Waals surface area contributed by atoms with Crippen LogP contribution in [-0.2, 0) is 24.5 Å². The first kappa shape index (κ1) is 6.76. The van der Waals surface area contributed by atoms with Crippen molar-refractivity contribution in [2.24, 2.45) is 5.73 Å². The van der Waals surface area contributed by atoms with Crippen LogP contribution in [0.3, 0.4) is 0 Å². The molecule has 3 nitrogen and oxygen atoms in total. The normalized spacial score (nSPS) is 15.0. The number of hydrogen-bond donors (Lipinski definition) is 1. The topological polar surface area (TPSA) is 48.1 Å². The molecule has 1 aromatic rings. The van der Waals surface area contributed by atoms with Gasteiger partial charge >= 0.3 is 0 Å². The van der Waals surface area contributed by atoms with E-state index in [9.17, 15) is 0 Å². The lowest BCUT2D eigenvalue weighted by Gasteiger charge is -1.98. The van der Waals surface area contributed by atoms with E-state index >= 15 is 0 Å². The number of nitrogens with two attached hydrogens (primary N) is 1. The number of pyridine rings is 1. The van der Waals surface area contributed by atoms with Gasteiger partial charge in [0.1, 0.15) is 0 Å². The van der Waals surface area contributed by atoms with Crippen LogP contribution >= 0.6 is 0 Å². The summed E-state index contributed by atoms with van der Waals surface area (Å²) in [7, 11) is 0. The molecule has 0 saturated heterocycles.